The van der Waals surface area contributed by atoms with Gasteiger partial charge in [0.2, 0.25) is 5.78 Å². The Morgan fingerprint density at radius 3 is 2.69 bits per heavy atom. The van der Waals surface area contributed by atoms with Crippen molar-refractivity contribution in [3.8, 4) is 11.5 Å². The van der Waals surface area contributed by atoms with E-state index >= 15 is 0 Å². The van der Waals surface area contributed by atoms with Crippen LogP contribution >= 0.6 is 0 Å². The highest BCUT2D eigenvalue weighted by Gasteiger charge is 2.32. The fourth-order valence-electron chi connectivity index (χ4n) is 3.99. The van der Waals surface area contributed by atoms with E-state index in [0.717, 1.165) is 29.1 Å². The van der Waals surface area contributed by atoms with Gasteiger partial charge in [-0.1, -0.05) is 12.1 Å². The summed E-state index contributed by atoms with van der Waals surface area (Å²) in [5.41, 5.74) is 2.99. The van der Waals surface area contributed by atoms with Crippen LogP contribution in [0, 0.1) is 13.8 Å². The Labute approximate surface area is 186 Å². The molecule has 0 saturated heterocycles. The number of fused-ring (bicyclic) bond motifs is 1. The summed E-state index contributed by atoms with van der Waals surface area (Å²) in [6.45, 7) is 7.69. The van der Waals surface area contributed by atoms with Gasteiger partial charge in [-0.3, -0.25) is 4.79 Å². The molecule has 0 radical (unpaired) electrons. The average molecular weight is 437 g/mol. The molecule has 0 spiro atoms. The third kappa shape index (κ3) is 4.56. The summed E-state index contributed by atoms with van der Waals surface area (Å²) in [4.78, 5) is 24.9. The van der Waals surface area contributed by atoms with Crippen molar-refractivity contribution in [1.82, 2.24) is 4.57 Å². The standard InChI is InChI=1S/C25H27NO6/c1-16-11-20(17(2)26(16)13-19-8-6-10-29-19)21(27)14-31-23(28)15-30-22-9-5-7-18-12-25(3,4)32-24(18)22/h5-11H,12-15H2,1-4H3. The third-order valence-electron chi connectivity index (χ3n) is 5.53. The summed E-state index contributed by atoms with van der Waals surface area (Å²) < 4.78 is 24.1. The highest BCUT2D eigenvalue weighted by molar-refractivity contribution is 5.99. The van der Waals surface area contributed by atoms with Crippen molar-refractivity contribution in [2.45, 2.75) is 46.3 Å². The molecule has 0 atom stereocenters. The van der Waals surface area contributed by atoms with Crippen LogP contribution in [0.15, 0.2) is 47.1 Å². The van der Waals surface area contributed by atoms with Gasteiger partial charge in [-0.25, -0.2) is 4.79 Å². The fourth-order valence-corrected chi connectivity index (χ4v) is 3.99. The molecule has 0 aliphatic carbocycles. The maximum Gasteiger partial charge on any atom is 0.344 e. The van der Waals surface area contributed by atoms with Gasteiger partial charge in [0.05, 0.1) is 12.8 Å². The summed E-state index contributed by atoms with van der Waals surface area (Å²) in [6, 6.07) is 11.1. The number of esters is 1. The number of hydrogen-bond donors (Lipinski definition) is 0. The van der Waals surface area contributed by atoms with E-state index in [-0.39, 0.29) is 24.6 Å². The Bertz CT molecular complexity index is 1140. The molecule has 0 amide bonds. The molecule has 1 aliphatic rings. The number of ether oxygens (including phenoxy) is 3. The van der Waals surface area contributed by atoms with Gasteiger partial charge in [0.1, 0.15) is 11.4 Å². The fraction of sp³-hybridized carbons (Fsp3) is 0.360. The second kappa shape index (κ2) is 8.57. The minimum Gasteiger partial charge on any atom is -0.483 e. The highest BCUT2D eigenvalue weighted by atomic mass is 16.6. The lowest BCUT2D eigenvalue weighted by molar-refractivity contribution is -0.144. The van der Waals surface area contributed by atoms with Crippen molar-refractivity contribution in [2.75, 3.05) is 13.2 Å². The second-order valence-corrected chi connectivity index (χ2v) is 8.61. The van der Waals surface area contributed by atoms with Gasteiger partial charge in [0.25, 0.3) is 0 Å². The number of hydrogen-bond acceptors (Lipinski definition) is 6. The van der Waals surface area contributed by atoms with E-state index < -0.39 is 5.97 Å². The predicted molar refractivity (Wildman–Crippen MR) is 117 cm³/mol. The van der Waals surface area contributed by atoms with Crippen LogP contribution in [0.2, 0.25) is 0 Å². The largest absolute Gasteiger partial charge is 0.483 e. The first kappa shape index (κ1) is 21.7. The Morgan fingerprint density at radius 2 is 1.94 bits per heavy atom. The molecular weight excluding hydrogens is 410 g/mol. The smallest absolute Gasteiger partial charge is 0.344 e. The Balaban J connectivity index is 1.33. The van der Waals surface area contributed by atoms with Crippen molar-refractivity contribution in [2.24, 2.45) is 0 Å². The molecular formula is C25H27NO6. The Kier molecular flexibility index (Phi) is 5.82. The molecule has 1 aliphatic heterocycles. The molecule has 0 unspecified atom stereocenters. The minimum atomic E-state index is -0.613. The second-order valence-electron chi connectivity index (χ2n) is 8.61. The Hall–Kier alpha value is -3.48. The van der Waals surface area contributed by atoms with Crippen molar-refractivity contribution in [1.29, 1.82) is 0 Å². The number of benzene rings is 1. The quantitative estimate of drug-likeness (QED) is 0.387. The van der Waals surface area contributed by atoms with E-state index in [9.17, 15) is 9.59 Å². The van der Waals surface area contributed by atoms with Crippen LogP contribution in [-0.4, -0.2) is 35.1 Å². The zero-order valence-electron chi connectivity index (χ0n) is 18.8. The van der Waals surface area contributed by atoms with Gasteiger partial charge in [0.15, 0.2) is 24.7 Å². The van der Waals surface area contributed by atoms with E-state index in [1.807, 2.05) is 56.5 Å². The molecule has 168 valence electrons. The van der Waals surface area contributed by atoms with Crippen LogP contribution in [0.25, 0.3) is 0 Å². The number of nitrogens with zero attached hydrogens (tertiary/aromatic N) is 1. The number of furan rings is 1. The van der Waals surface area contributed by atoms with Crippen molar-refractivity contribution >= 4 is 11.8 Å². The normalized spacial score (nSPS) is 14.0. The minimum absolute atomic E-state index is 0.261. The SMILES string of the molecule is Cc1cc(C(=O)COC(=O)COc2cccc3c2OC(C)(C)C3)c(C)n1Cc1ccco1. The van der Waals surface area contributed by atoms with E-state index in [2.05, 4.69) is 0 Å². The van der Waals surface area contributed by atoms with E-state index in [1.165, 1.54) is 0 Å². The summed E-state index contributed by atoms with van der Waals surface area (Å²) in [7, 11) is 0. The molecule has 0 N–H and O–H groups in total. The van der Waals surface area contributed by atoms with Gasteiger partial charge >= 0.3 is 5.97 Å². The van der Waals surface area contributed by atoms with Crippen molar-refractivity contribution in [3.05, 3.63) is 70.9 Å². The van der Waals surface area contributed by atoms with Crippen molar-refractivity contribution in [3.63, 3.8) is 0 Å². The molecule has 0 bridgehead atoms. The monoisotopic (exact) mass is 437 g/mol. The molecule has 0 fully saturated rings. The molecule has 0 saturated carbocycles. The Morgan fingerprint density at radius 1 is 1.12 bits per heavy atom. The van der Waals surface area contributed by atoms with Gasteiger partial charge in [-0.2, -0.15) is 0 Å². The first-order valence-corrected chi connectivity index (χ1v) is 10.5. The van der Waals surface area contributed by atoms with Crippen LogP contribution in [0.3, 0.4) is 0 Å². The molecule has 7 heteroatoms. The molecule has 3 heterocycles. The average Bonchev–Trinajstić information content (AvgIpc) is 3.44. The lowest BCUT2D eigenvalue weighted by Gasteiger charge is -2.18. The summed E-state index contributed by atoms with van der Waals surface area (Å²) in [5.74, 6) is 1.08. The van der Waals surface area contributed by atoms with Gasteiger partial charge < -0.3 is 23.2 Å². The molecule has 7 nitrogen and oxygen atoms in total. The van der Waals surface area contributed by atoms with Crippen LogP contribution < -0.4 is 9.47 Å². The molecule has 3 aromatic rings. The van der Waals surface area contributed by atoms with Crippen LogP contribution in [0.1, 0.15) is 46.9 Å². The number of para-hydroxylation sites is 1. The van der Waals surface area contributed by atoms with E-state index in [1.54, 1.807) is 18.4 Å². The number of carbonyl (C=O) groups excluding carboxylic acids is 2. The van der Waals surface area contributed by atoms with E-state index in [4.69, 9.17) is 18.6 Å². The summed E-state index contributed by atoms with van der Waals surface area (Å²) >= 11 is 0. The lowest BCUT2D eigenvalue weighted by atomic mass is 10.0. The molecule has 32 heavy (non-hydrogen) atoms. The topological polar surface area (TPSA) is 79.9 Å². The highest BCUT2D eigenvalue weighted by Crippen LogP contribution is 2.41. The van der Waals surface area contributed by atoms with Crippen LogP contribution in [-0.2, 0) is 22.5 Å². The van der Waals surface area contributed by atoms with Crippen molar-refractivity contribution < 1.29 is 28.2 Å². The number of rotatable bonds is 8. The lowest BCUT2D eigenvalue weighted by Crippen LogP contribution is -2.25. The third-order valence-corrected chi connectivity index (χ3v) is 5.53. The maximum absolute atomic E-state index is 12.7. The molecule has 1 aromatic carbocycles. The van der Waals surface area contributed by atoms with Crippen LogP contribution in [0.4, 0.5) is 0 Å². The number of aromatic nitrogens is 1. The zero-order valence-corrected chi connectivity index (χ0v) is 18.8. The number of Topliss-reactive ketones (excluding diaryl/α,β-unsaturated/α-hetero) is 1. The van der Waals surface area contributed by atoms with Crippen LogP contribution in [0.5, 0.6) is 11.5 Å². The summed E-state index contributed by atoms with van der Waals surface area (Å²) in [6.07, 6.45) is 2.39. The van der Waals surface area contributed by atoms with E-state index in [0.29, 0.717) is 23.6 Å². The number of aryl methyl sites for hydroxylation is 1. The van der Waals surface area contributed by atoms with Gasteiger partial charge in [-0.15, -0.1) is 0 Å². The predicted octanol–water partition coefficient (Wildman–Crippen LogP) is 4.26. The molecule has 4 rings (SSSR count). The first-order chi connectivity index (χ1) is 15.2. The molecule has 2 aromatic heterocycles. The summed E-state index contributed by atoms with van der Waals surface area (Å²) in [5, 5.41) is 0. The number of ketones is 1. The maximum atomic E-state index is 12.7. The number of carbonyl (C=O) groups is 2. The zero-order chi connectivity index (χ0) is 22.9. The first-order valence-electron chi connectivity index (χ1n) is 10.5. The van der Waals surface area contributed by atoms with Gasteiger partial charge in [-0.05, 0) is 52.0 Å². The van der Waals surface area contributed by atoms with Gasteiger partial charge in [0, 0.05) is 28.9 Å².